The van der Waals surface area contributed by atoms with Crippen molar-refractivity contribution in [2.24, 2.45) is 0 Å². The standard InChI is InChI=1S/C16H15NO2S/c1-10(11(2)18)9-12-7-8-14(19-12)16-17-13-5-3-4-6-15(13)20-16/h3-9,11,18H,1-2H3/b10-9+. The molecule has 0 radical (unpaired) electrons. The molecule has 0 amide bonds. The summed E-state index contributed by atoms with van der Waals surface area (Å²) in [7, 11) is 0. The first-order chi connectivity index (χ1) is 9.63. The highest BCUT2D eigenvalue weighted by Gasteiger charge is 2.10. The molecular formula is C16H15NO2S. The number of aliphatic hydroxyl groups is 1. The highest BCUT2D eigenvalue weighted by molar-refractivity contribution is 7.21. The maximum Gasteiger partial charge on any atom is 0.163 e. The average Bonchev–Trinajstić information content (AvgIpc) is 3.03. The maximum atomic E-state index is 9.48. The van der Waals surface area contributed by atoms with E-state index in [-0.39, 0.29) is 0 Å². The van der Waals surface area contributed by atoms with Gasteiger partial charge in [0.25, 0.3) is 0 Å². The second-order valence-electron chi connectivity index (χ2n) is 4.75. The molecule has 0 saturated heterocycles. The molecule has 20 heavy (non-hydrogen) atoms. The van der Waals surface area contributed by atoms with Crippen molar-refractivity contribution in [3.8, 4) is 10.8 Å². The third-order valence-corrected chi connectivity index (χ3v) is 4.21. The third-order valence-electron chi connectivity index (χ3n) is 3.16. The van der Waals surface area contributed by atoms with E-state index in [0.717, 1.165) is 32.3 Å². The van der Waals surface area contributed by atoms with Gasteiger partial charge in [-0.2, -0.15) is 0 Å². The fraction of sp³-hybridized carbons (Fsp3) is 0.188. The summed E-state index contributed by atoms with van der Waals surface area (Å²) in [5, 5.41) is 10.4. The number of para-hydroxylation sites is 1. The van der Waals surface area contributed by atoms with Crippen LogP contribution >= 0.6 is 11.3 Å². The first-order valence-electron chi connectivity index (χ1n) is 6.45. The van der Waals surface area contributed by atoms with Gasteiger partial charge in [0.1, 0.15) is 5.76 Å². The number of furan rings is 1. The SMILES string of the molecule is C/C(=C\c1ccc(-c2nc3ccccc3s2)o1)C(C)O. The average molecular weight is 285 g/mol. The number of aromatic nitrogens is 1. The summed E-state index contributed by atoms with van der Waals surface area (Å²) in [5.74, 6) is 1.49. The number of thiazole rings is 1. The Morgan fingerprint density at radius 2 is 2.10 bits per heavy atom. The molecule has 0 aliphatic rings. The molecule has 0 saturated carbocycles. The van der Waals surface area contributed by atoms with Crippen molar-refractivity contribution in [1.29, 1.82) is 0 Å². The van der Waals surface area contributed by atoms with Crippen molar-refractivity contribution in [3.63, 3.8) is 0 Å². The van der Waals surface area contributed by atoms with Gasteiger partial charge in [0.05, 0.1) is 16.3 Å². The minimum Gasteiger partial charge on any atom is -0.454 e. The number of hydrogen-bond acceptors (Lipinski definition) is 4. The van der Waals surface area contributed by atoms with Crippen LogP contribution in [0.25, 0.3) is 27.1 Å². The molecule has 0 aliphatic carbocycles. The molecule has 0 spiro atoms. The van der Waals surface area contributed by atoms with Gasteiger partial charge in [-0.15, -0.1) is 11.3 Å². The van der Waals surface area contributed by atoms with Crippen molar-refractivity contribution in [2.45, 2.75) is 20.0 Å². The predicted molar refractivity (Wildman–Crippen MR) is 82.7 cm³/mol. The van der Waals surface area contributed by atoms with Gasteiger partial charge < -0.3 is 9.52 Å². The topological polar surface area (TPSA) is 46.3 Å². The van der Waals surface area contributed by atoms with Gasteiger partial charge in [0.2, 0.25) is 0 Å². The van der Waals surface area contributed by atoms with Crippen LogP contribution in [0.3, 0.4) is 0 Å². The van der Waals surface area contributed by atoms with E-state index in [4.69, 9.17) is 4.42 Å². The van der Waals surface area contributed by atoms with Crippen LogP contribution < -0.4 is 0 Å². The minimum atomic E-state index is -0.467. The van der Waals surface area contributed by atoms with Crippen molar-refractivity contribution < 1.29 is 9.52 Å². The molecule has 0 fully saturated rings. The van der Waals surface area contributed by atoms with Crippen LogP contribution in [0.1, 0.15) is 19.6 Å². The quantitative estimate of drug-likeness (QED) is 0.778. The van der Waals surface area contributed by atoms with Gasteiger partial charge in [-0.1, -0.05) is 12.1 Å². The van der Waals surface area contributed by atoms with Crippen molar-refractivity contribution >= 4 is 27.6 Å². The van der Waals surface area contributed by atoms with Crippen LogP contribution in [-0.4, -0.2) is 16.2 Å². The van der Waals surface area contributed by atoms with Crippen LogP contribution in [0.2, 0.25) is 0 Å². The zero-order chi connectivity index (χ0) is 14.1. The van der Waals surface area contributed by atoms with E-state index in [9.17, 15) is 5.11 Å². The van der Waals surface area contributed by atoms with Gasteiger partial charge in [-0.3, -0.25) is 0 Å². The summed E-state index contributed by atoms with van der Waals surface area (Å²) in [6.07, 6.45) is 1.38. The second kappa shape index (κ2) is 5.23. The van der Waals surface area contributed by atoms with E-state index in [1.807, 2.05) is 43.3 Å². The Morgan fingerprint density at radius 1 is 1.30 bits per heavy atom. The largest absolute Gasteiger partial charge is 0.454 e. The Bertz CT molecular complexity index is 734. The van der Waals surface area contributed by atoms with E-state index in [0.29, 0.717) is 0 Å². The van der Waals surface area contributed by atoms with Crippen LogP contribution in [0.5, 0.6) is 0 Å². The van der Waals surface area contributed by atoms with Crippen LogP contribution in [0.15, 0.2) is 46.4 Å². The second-order valence-corrected chi connectivity index (χ2v) is 5.78. The predicted octanol–water partition coefficient (Wildman–Crippen LogP) is 4.34. The molecule has 1 aromatic carbocycles. The zero-order valence-electron chi connectivity index (χ0n) is 11.3. The molecule has 1 N–H and O–H groups in total. The zero-order valence-corrected chi connectivity index (χ0v) is 12.1. The van der Waals surface area contributed by atoms with Gasteiger partial charge in [0, 0.05) is 0 Å². The van der Waals surface area contributed by atoms with E-state index < -0.39 is 6.10 Å². The summed E-state index contributed by atoms with van der Waals surface area (Å²) < 4.78 is 6.93. The number of benzene rings is 1. The Labute approximate surface area is 121 Å². The van der Waals surface area contributed by atoms with Crippen molar-refractivity contribution in [1.82, 2.24) is 4.98 Å². The summed E-state index contributed by atoms with van der Waals surface area (Å²) in [6, 6.07) is 11.8. The monoisotopic (exact) mass is 285 g/mol. The van der Waals surface area contributed by atoms with E-state index >= 15 is 0 Å². The van der Waals surface area contributed by atoms with E-state index in [1.165, 1.54) is 0 Å². The molecular weight excluding hydrogens is 270 g/mol. The lowest BCUT2D eigenvalue weighted by atomic mass is 10.1. The van der Waals surface area contributed by atoms with Crippen LogP contribution in [0.4, 0.5) is 0 Å². The van der Waals surface area contributed by atoms with E-state index in [2.05, 4.69) is 11.1 Å². The van der Waals surface area contributed by atoms with Gasteiger partial charge >= 0.3 is 0 Å². The molecule has 3 rings (SSSR count). The molecule has 2 heterocycles. The molecule has 3 nitrogen and oxygen atoms in total. The van der Waals surface area contributed by atoms with Crippen LogP contribution in [-0.2, 0) is 0 Å². The highest BCUT2D eigenvalue weighted by atomic mass is 32.1. The van der Waals surface area contributed by atoms with Crippen molar-refractivity contribution in [3.05, 3.63) is 47.7 Å². The first kappa shape index (κ1) is 13.1. The summed E-state index contributed by atoms with van der Waals surface area (Å²) in [6.45, 7) is 3.62. The molecule has 1 unspecified atom stereocenters. The number of aliphatic hydroxyl groups excluding tert-OH is 1. The lowest BCUT2D eigenvalue weighted by Gasteiger charge is -2.01. The number of rotatable bonds is 3. The number of fused-ring (bicyclic) bond motifs is 1. The van der Waals surface area contributed by atoms with Gasteiger partial charge in [-0.25, -0.2) is 4.98 Å². The van der Waals surface area contributed by atoms with E-state index in [1.54, 1.807) is 18.3 Å². The Morgan fingerprint density at radius 3 is 2.85 bits per heavy atom. The first-order valence-corrected chi connectivity index (χ1v) is 7.27. The molecule has 3 aromatic rings. The summed E-state index contributed by atoms with van der Waals surface area (Å²) in [4.78, 5) is 4.57. The Kier molecular flexibility index (Phi) is 3.42. The molecule has 1 atom stereocenters. The normalized spacial score (nSPS) is 13.8. The summed E-state index contributed by atoms with van der Waals surface area (Å²) in [5.41, 5.74) is 1.86. The van der Waals surface area contributed by atoms with Crippen molar-refractivity contribution in [2.75, 3.05) is 0 Å². The number of hydrogen-bond donors (Lipinski definition) is 1. The van der Waals surface area contributed by atoms with Gasteiger partial charge in [-0.05, 0) is 49.8 Å². The molecule has 2 aromatic heterocycles. The Balaban J connectivity index is 1.95. The third kappa shape index (κ3) is 2.53. The molecule has 102 valence electrons. The van der Waals surface area contributed by atoms with Gasteiger partial charge in [0.15, 0.2) is 10.8 Å². The Hall–Kier alpha value is -1.91. The maximum absolute atomic E-state index is 9.48. The molecule has 0 bridgehead atoms. The molecule has 0 aliphatic heterocycles. The number of nitrogens with zero attached hydrogens (tertiary/aromatic N) is 1. The highest BCUT2D eigenvalue weighted by Crippen LogP contribution is 2.31. The lowest BCUT2D eigenvalue weighted by molar-refractivity contribution is 0.232. The van der Waals surface area contributed by atoms with Crippen LogP contribution in [0, 0.1) is 0 Å². The minimum absolute atomic E-state index is 0.467. The molecule has 4 heteroatoms. The lowest BCUT2D eigenvalue weighted by Crippen LogP contribution is -1.99. The fourth-order valence-electron chi connectivity index (χ4n) is 1.87. The fourth-order valence-corrected chi connectivity index (χ4v) is 2.80. The summed E-state index contributed by atoms with van der Waals surface area (Å²) >= 11 is 1.61. The smallest absolute Gasteiger partial charge is 0.163 e.